The smallest absolute Gasteiger partial charge is 0.231 e. The summed E-state index contributed by atoms with van der Waals surface area (Å²) in [5, 5.41) is 0.779. The average Bonchev–Trinajstić information content (AvgIpc) is 3.14. The molecule has 2 heterocycles. The molecule has 0 saturated heterocycles. The molecule has 4 nitrogen and oxygen atoms in total. The maximum Gasteiger partial charge on any atom is 0.231 e. The Balaban J connectivity index is 1.35. The van der Waals surface area contributed by atoms with E-state index in [4.69, 9.17) is 21.1 Å². The highest BCUT2D eigenvalue weighted by Gasteiger charge is 2.33. The van der Waals surface area contributed by atoms with Crippen LogP contribution in [0, 0.1) is 0 Å². The molecule has 2 aliphatic rings. The van der Waals surface area contributed by atoms with Gasteiger partial charge in [0.25, 0.3) is 0 Å². The summed E-state index contributed by atoms with van der Waals surface area (Å²) < 4.78 is 12.1. The van der Waals surface area contributed by atoms with E-state index in [1.165, 1.54) is 5.56 Å². The fraction of sp³-hybridized carbons (Fsp3) is 0.250. The lowest BCUT2D eigenvalue weighted by Gasteiger charge is -2.29. The molecule has 5 rings (SSSR count). The third-order valence-electron chi connectivity index (χ3n) is 6.24. The van der Waals surface area contributed by atoms with E-state index in [-0.39, 0.29) is 5.78 Å². The second-order valence-corrected chi connectivity index (χ2v) is 9.25. The quantitative estimate of drug-likeness (QED) is 0.409. The Morgan fingerprint density at radius 3 is 2.61 bits per heavy atom. The number of ketones is 1. The Hall–Kier alpha value is -3.08. The van der Waals surface area contributed by atoms with Gasteiger partial charge in [-0.05, 0) is 53.3 Å². The Kier molecular flexibility index (Phi) is 5.96. The number of rotatable bonds is 5. The molecule has 0 spiro atoms. The predicted molar refractivity (Wildman–Crippen MR) is 131 cm³/mol. The number of allylic oxidation sites excluding steroid dienone is 1. The molecule has 0 atom stereocenters. The Morgan fingerprint density at radius 2 is 1.85 bits per heavy atom. The molecule has 0 N–H and O–H groups in total. The number of nitrogens with zero attached hydrogens (tertiary/aromatic N) is 1. The van der Waals surface area contributed by atoms with Gasteiger partial charge in [-0.2, -0.15) is 0 Å². The van der Waals surface area contributed by atoms with E-state index in [0.29, 0.717) is 36.3 Å². The summed E-state index contributed by atoms with van der Waals surface area (Å²) in [4.78, 5) is 15.2. The van der Waals surface area contributed by atoms with Gasteiger partial charge in [0.1, 0.15) is 18.2 Å². The first-order chi connectivity index (χ1) is 16.0. The van der Waals surface area contributed by atoms with Gasteiger partial charge in [-0.15, -0.1) is 0 Å². The Morgan fingerprint density at radius 1 is 1.06 bits per heavy atom. The molecular formula is C28H26ClNO3. The van der Waals surface area contributed by atoms with Gasteiger partial charge in [0.15, 0.2) is 5.76 Å². The number of ether oxygens (including phenoxy) is 2. The average molecular weight is 460 g/mol. The topological polar surface area (TPSA) is 38.8 Å². The normalized spacial score (nSPS) is 16.5. The minimum atomic E-state index is -0.0890. The maximum atomic E-state index is 13.0. The van der Waals surface area contributed by atoms with Crippen molar-refractivity contribution in [2.45, 2.75) is 32.7 Å². The molecule has 0 aromatic heterocycles. The highest BCUT2D eigenvalue weighted by atomic mass is 35.5. The molecule has 3 aromatic carbocycles. The molecular weight excluding hydrogens is 434 g/mol. The molecule has 0 bridgehead atoms. The van der Waals surface area contributed by atoms with Gasteiger partial charge in [0.2, 0.25) is 5.78 Å². The molecule has 0 fully saturated rings. The minimum absolute atomic E-state index is 0.0890. The van der Waals surface area contributed by atoms with Gasteiger partial charge >= 0.3 is 0 Å². The van der Waals surface area contributed by atoms with Gasteiger partial charge < -0.3 is 9.47 Å². The summed E-state index contributed by atoms with van der Waals surface area (Å²) in [6.45, 7) is 6.28. The highest BCUT2D eigenvalue weighted by molar-refractivity contribution is 6.31. The van der Waals surface area contributed by atoms with Crippen molar-refractivity contribution in [1.29, 1.82) is 0 Å². The van der Waals surface area contributed by atoms with Crippen molar-refractivity contribution >= 4 is 23.5 Å². The number of fused-ring (bicyclic) bond motifs is 3. The molecule has 33 heavy (non-hydrogen) atoms. The summed E-state index contributed by atoms with van der Waals surface area (Å²) in [6, 6.07) is 19.8. The number of hydrogen-bond donors (Lipinski definition) is 0. The summed E-state index contributed by atoms with van der Waals surface area (Å²) in [7, 11) is 0. The molecule has 0 radical (unpaired) electrons. The van der Waals surface area contributed by atoms with Crippen LogP contribution in [0.2, 0.25) is 5.02 Å². The van der Waals surface area contributed by atoms with Crippen LogP contribution in [0.15, 0.2) is 66.4 Å². The summed E-state index contributed by atoms with van der Waals surface area (Å²) >= 11 is 6.31. The number of benzene rings is 3. The van der Waals surface area contributed by atoms with E-state index in [0.717, 1.165) is 40.4 Å². The van der Waals surface area contributed by atoms with Crippen molar-refractivity contribution in [1.82, 2.24) is 4.90 Å². The first-order valence-corrected chi connectivity index (χ1v) is 11.7. The monoisotopic (exact) mass is 459 g/mol. The lowest BCUT2D eigenvalue weighted by molar-refractivity contribution is 0.0950. The van der Waals surface area contributed by atoms with Crippen molar-refractivity contribution in [3.05, 3.63) is 99.3 Å². The number of halogens is 1. The van der Waals surface area contributed by atoms with E-state index in [1.54, 1.807) is 6.07 Å². The zero-order valence-corrected chi connectivity index (χ0v) is 19.6. The van der Waals surface area contributed by atoms with Gasteiger partial charge in [-0.25, -0.2) is 0 Å². The van der Waals surface area contributed by atoms with Gasteiger partial charge in [-0.3, -0.25) is 9.69 Å². The second-order valence-electron chi connectivity index (χ2n) is 8.85. The van der Waals surface area contributed by atoms with Crippen molar-refractivity contribution in [3.63, 3.8) is 0 Å². The van der Waals surface area contributed by atoms with E-state index in [2.05, 4.69) is 30.9 Å². The SMILES string of the molecule is CC(C)c1ccc(/C=C2\Oc3c(ccc4c3CN(CCc3ccccc3Cl)CO4)C2=O)cc1. The molecule has 2 aliphatic heterocycles. The number of hydrogen-bond acceptors (Lipinski definition) is 4. The van der Waals surface area contributed by atoms with Crippen molar-refractivity contribution in [3.8, 4) is 11.5 Å². The molecule has 3 aromatic rings. The van der Waals surface area contributed by atoms with E-state index < -0.39 is 0 Å². The van der Waals surface area contributed by atoms with Crippen molar-refractivity contribution in [2.24, 2.45) is 0 Å². The zero-order chi connectivity index (χ0) is 22.9. The zero-order valence-electron chi connectivity index (χ0n) is 18.8. The van der Waals surface area contributed by atoms with Crippen molar-refractivity contribution in [2.75, 3.05) is 13.3 Å². The largest absolute Gasteiger partial charge is 0.478 e. The lowest BCUT2D eigenvalue weighted by Crippen LogP contribution is -2.33. The molecule has 5 heteroatoms. The summed E-state index contributed by atoms with van der Waals surface area (Å²) in [5.41, 5.74) is 4.84. The van der Waals surface area contributed by atoms with Crippen LogP contribution in [0.3, 0.4) is 0 Å². The van der Waals surface area contributed by atoms with Crippen LogP contribution in [0.25, 0.3) is 6.08 Å². The van der Waals surface area contributed by atoms with Crippen LogP contribution >= 0.6 is 11.6 Å². The molecule has 0 aliphatic carbocycles. The first kappa shape index (κ1) is 21.7. The fourth-order valence-corrected chi connectivity index (χ4v) is 4.49. The maximum absolute atomic E-state index is 13.0. The third kappa shape index (κ3) is 4.41. The van der Waals surface area contributed by atoms with Crippen LogP contribution in [-0.2, 0) is 13.0 Å². The van der Waals surface area contributed by atoms with Gasteiger partial charge in [0.05, 0.1) is 11.1 Å². The third-order valence-corrected chi connectivity index (χ3v) is 6.61. The molecule has 0 amide bonds. The van der Waals surface area contributed by atoms with Crippen molar-refractivity contribution < 1.29 is 14.3 Å². The standard InChI is InChI=1S/C28H26ClNO3/c1-18(2)20-9-7-19(8-10-20)15-26-27(31)22-11-12-25-23(28(22)33-26)16-30(17-32-25)14-13-21-5-3-4-6-24(21)29/h3-12,15,18H,13-14,16-17H2,1-2H3/b26-15-. The van der Waals surface area contributed by atoms with E-state index >= 15 is 0 Å². The number of carbonyl (C=O) groups is 1. The van der Waals surface area contributed by atoms with Gasteiger partial charge in [0, 0.05) is 18.1 Å². The Bertz CT molecular complexity index is 1230. The van der Waals surface area contributed by atoms with Crippen LogP contribution in [-0.4, -0.2) is 24.0 Å². The predicted octanol–water partition coefficient (Wildman–Crippen LogP) is 6.47. The van der Waals surface area contributed by atoms with Crippen LogP contribution in [0.5, 0.6) is 11.5 Å². The molecule has 0 unspecified atom stereocenters. The first-order valence-electron chi connectivity index (χ1n) is 11.3. The second kappa shape index (κ2) is 9.05. The van der Waals surface area contributed by atoms with Gasteiger partial charge in [-0.1, -0.05) is 67.9 Å². The Labute approximate surface area is 199 Å². The fourth-order valence-electron chi connectivity index (χ4n) is 4.26. The van der Waals surface area contributed by atoms with E-state index in [1.807, 2.05) is 48.5 Å². The summed E-state index contributed by atoms with van der Waals surface area (Å²) in [6.07, 6.45) is 2.64. The summed E-state index contributed by atoms with van der Waals surface area (Å²) in [5.74, 6) is 2.12. The number of carbonyl (C=O) groups excluding carboxylic acids is 1. The number of Topliss-reactive ketones (excluding diaryl/α,β-unsaturated/α-hetero) is 1. The molecule has 168 valence electrons. The minimum Gasteiger partial charge on any atom is -0.478 e. The van der Waals surface area contributed by atoms with Crippen LogP contribution < -0.4 is 9.47 Å². The highest BCUT2D eigenvalue weighted by Crippen LogP contribution is 2.42. The van der Waals surface area contributed by atoms with E-state index in [9.17, 15) is 4.79 Å². The van der Waals surface area contributed by atoms with Crippen LogP contribution in [0.4, 0.5) is 0 Å². The molecule has 0 saturated carbocycles. The van der Waals surface area contributed by atoms with Crippen LogP contribution in [0.1, 0.15) is 52.4 Å². The lowest BCUT2D eigenvalue weighted by atomic mass is 10.0.